The van der Waals surface area contributed by atoms with Gasteiger partial charge in [-0.3, -0.25) is 4.18 Å². The zero-order valence-electron chi connectivity index (χ0n) is 5.14. The van der Waals surface area contributed by atoms with Gasteiger partial charge in [-0.2, -0.15) is 0 Å². The molecule has 8 heavy (non-hydrogen) atoms. The van der Waals surface area contributed by atoms with Crippen LogP contribution in [0.1, 0.15) is 13.8 Å². The van der Waals surface area contributed by atoms with Crippen LogP contribution in [0.2, 0.25) is 0 Å². The predicted molar refractivity (Wildman–Crippen MR) is 33.4 cm³/mol. The summed E-state index contributed by atoms with van der Waals surface area (Å²) in [5.41, 5.74) is 0. The first-order valence-corrected chi connectivity index (χ1v) is 3.67. The molecule has 3 nitrogen and oxygen atoms in total. The molecule has 0 spiro atoms. The molecule has 1 N–H and O–H groups in total. The molecule has 0 aliphatic rings. The molecule has 0 aliphatic carbocycles. The molecule has 0 radical (unpaired) electrons. The third kappa shape index (κ3) is 4.23. The Hall–Kier alpha value is 0.0700. The van der Waals surface area contributed by atoms with Gasteiger partial charge in [0.05, 0.1) is 6.61 Å². The lowest BCUT2D eigenvalue weighted by Gasteiger charge is -1.97. The van der Waals surface area contributed by atoms with Gasteiger partial charge in [0.2, 0.25) is 11.3 Å². The highest BCUT2D eigenvalue weighted by Gasteiger charge is 1.90. The zero-order valence-corrected chi connectivity index (χ0v) is 5.96. The van der Waals surface area contributed by atoms with Gasteiger partial charge in [0.15, 0.2) is 0 Å². The average molecular weight is 137 g/mol. The number of nitrogens with one attached hydrogen (secondary N) is 1. The summed E-state index contributed by atoms with van der Waals surface area (Å²) in [6.07, 6.45) is 0. The second kappa shape index (κ2) is 5.21. The topological polar surface area (TPSA) is 38.3 Å². The maximum Gasteiger partial charge on any atom is 0.234 e. The van der Waals surface area contributed by atoms with Crippen molar-refractivity contribution >= 4 is 11.3 Å². The second-order valence-electron chi connectivity index (χ2n) is 1.14. The number of hydrogen-bond donors (Lipinski definition) is 1. The summed E-state index contributed by atoms with van der Waals surface area (Å²) in [5.74, 6) is 0. The minimum Gasteiger partial charge on any atom is -0.279 e. The standard InChI is InChI=1S/C4H11NO2S/c1-3-5-8(6)7-4-2/h5H,3-4H2,1-2H3. The maximum atomic E-state index is 10.4. The van der Waals surface area contributed by atoms with Gasteiger partial charge in [-0.05, 0) is 6.92 Å². The minimum absolute atomic E-state index is 0.486. The molecule has 0 rings (SSSR count). The first-order valence-electron chi connectivity index (χ1n) is 2.59. The SMILES string of the molecule is CCNS(=O)OCC. The van der Waals surface area contributed by atoms with Gasteiger partial charge in [0, 0.05) is 6.54 Å². The Labute approximate surface area is 52.2 Å². The fourth-order valence-electron chi connectivity index (χ4n) is 0.267. The molecule has 0 fully saturated rings. The smallest absolute Gasteiger partial charge is 0.234 e. The molecule has 0 bridgehead atoms. The average Bonchev–Trinajstić information content (AvgIpc) is 1.68. The zero-order chi connectivity index (χ0) is 6.41. The van der Waals surface area contributed by atoms with Crippen molar-refractivity contribution in [3.05, 3.63) is 0 Å². The van der Waals surface area contributed by atoms with Crippen LogP contribution in [0.15, 0.2) is 0 Å². The quantitative estimate of drug-likeness (QED) is 0.601. The van der Waals surface area contributed by atoms with Gasteiger partial charge in [0.25, 0.3) is 0 Å². The lowest BCUT2D eigenvalue weighted by molar-refractivity contribution is 0.366. The monoisotopic (exact) mass is 137 g/mol. The van der Waals surface area contributed by atoms with E-state index in [1.54, 1.807) is 6.92 Å². The van der Waals surface area contributed by atoms with Gasteiger partial charge >= 0.3 is 0 Å². The third-order valence-corrected chi connectivity index (χ3v) is 1.46. The second-order valence-corrected chi connectivity index (χ2v) is 2.13. The number of hydrogen-bond acceptors (Lipinski definition) is 2. The van der Waals surface area contributed by atoms with E-state index in [-0.39, 0.29) is 0 Å². The van der Waals surface area contributed by atoms with Crippen LogP contribution >= 0.6 is 0 Å². The van der Waals surface area contributed by atoms with E-state index in [1.165, 1.54) is 0 Å². The molecule has 0 aromatic rings. The number of rotatable bonds is 4. The molecule has 1 atom stereocenters. The molecule has 4 heteroatoms. The van der Waals surface area contributed by atoms with Crippen LogP contribution in [-0.4, -0.2) is 17.4 Å². The van der Waals surface area contributed by atoms with Crippen LogP contribution in [0.3, 0.4) is 0 Å². The Bertz CT molecular complexity index is 68.4. The normalized spacial score (nSPS) is 13.8. The highest BCUT2D eigenvalue weighted by molar-refractivity contribution is 7.78. The first kappa shape index (κ1) is 8.07. The Morgan fingerprint density at radius 2 is 2.25 bits per heavy atom. The van der Waals surface area contributed by atoms with E-state index >= 15 is 0 Å². The Morgan fingerprint density at radius 3 is 2.62 bits per heavy atom. The van der Waals surface area contributed by atoms with Crippen molar-refractivity contribution in [1.82, 2.24) is 4.72 Å². The molecular weight excluding hydrogens is 126 g/mol. The van der Waals surface area contributed by atoms with E-state index in [0.29, 0.717) is 13.2 Å². The lowest BCUT2D eigenvalue weighted by Crippen LogP contribution is -2.18. The molecule has 0 amide bonds. The molecule has 0 aromatic heterocycles. The van der Waals surface area contributed by atoms with E-state index in [2.05, 4.69) is 8.91 Å². The fraction of sp³-hybridized carbons (Fsp3) is 1.00. The molecular formula is C4H11NO2S. The molecule has 0 saturated carbocycles. The van der Waals surface area contributed by atoms with Crippen LogP contribution in [0.25, 0.3) is 0 Å². The van der Waals surface area contributed by atoms with E-state index in [1.807, 2.05) is 6.92 Å². The van der Waals surface area contributed by atoms with Crippen LogP contribution in [-0.2, 0) is 15.4 Å². The molecule has 0 aliphatic heterocycles. The molecule has 1 unspecified atom stereocenters. The van der Waals surface area contributed by atoms with E-state index in [0.717, 1.165) is 0 Å². The fourth-order valence-corrected chi connectivity index (χ4v) is 0.800. The lowest BCUT2D eigenvalue weighted by atomic mass is 10.8. The third-order valence-electron chi connectivity index (χ3n) is 0.487. The van der Waals surface area contributed by atoms with Crippen molar-refractivity contribution in [3.63, 3.8) is 0 Å². The Morgan fingerprint density at radius 1 is 1.62 bits per heavy atom. The van der Waals surface area contributed by atoms with E-state index in [9.17, 15) is 4.21 Å². The Balaban J connectivity index is 3.06. The highest BCUT2D eigenvalue weighted by atomic mass is 32.2. The molecule has 50 valence electrons. The minimum atomic E-state index is -1.27. The summed E-state index contributed by atoms with van der Waals surface area (Å²) >= 11 is -1.27. The molecule has 0 aromatic carbocycles. The predicted octanol–water partition coefficient (Wildman–Crippen LogP) is 0.211. The molecule has 0 saturated heterocycles. The van der Waals surface area contributed by atoms with Crippen LogP contribution in [0.5, 0.6) is 0 Å². The van der Waals surface area contributed by atoms with Gasteiger partial charge in [0.1, 0.15) is 0 Å². The highest BCUT2D eigenvalue weighted by Crippen LogP contribution is 1.76. The van der Waals surface area contributed by atoms with Crippen LogP contribution in [0.4, 0.5) is 0 Å². The summed E-state index contributed by atoms with van der Waals surface area (Å²) in [6, 6.07) is 0. The maximum absolute atomic E-state index is 10.4. The van der Waals surface area contributed by atoms with Crippen molar-refractivity contribution in [3.8, 4) is 0 Å². The van der Waals surface area contributed by atoms with Crippen LogP contribution in [0, 0.1) is 0 Å². The van der Waals surface area contributed by atoms with Gasteiger partial charge in [-0.15, -0.1) is 0 Å². The van der Waals surface area contributed by atoms with Gasteiger partial charge in [-0.1, -0.05) is 6.92 Å². The van der Waals surface area contributed by atoms with Crippen molar-refractivity contribution in [1.29, 1.82) is 0 Å². The summed E-state index contributed by atoms with van der Waals surface area (Å²) < 4.78 is 17.7. The van der Waals surface area contributed by atoms with Crippen molar-refractivity contribution < 1.29 is 8.39 Å². The van der Waals surface area contributed by atoms with Crippen molar-refractivity contribution in [2.24, 2.45) is 0 Å². The van der Waals surface area contributed by atoms with Crippen molar-refractivity contribution in [2.75, 3.05) is 13.2 Å². The summed E-state index contributed by atoms with van der Waals surface area (Å²) in [7, 11) is 0. The van der Waals surface area contributed by atoms with E-state index in [4.69, 9.17) is 0 Å². The summed E-state index contributed by atoms with van der Waals surface area (Å²) in [5, 5.41) is 0. The Kier molecular flexibility index (Phi) is 5.26. The van der Waals surface area contributed by atoms with E-state index < -0.39 is 11.3 Å². The summed E-state index contributed by atoms with van der Waals surface area (Å²) in [4.78, 5) is 0. The molecule has 0 heterocycles. The van der Waals surface area contributed by atoms with Crippen LogP contribution < -0.4 is 4.72 Å². The van der Waals surface area contributed by atoms with Gasteiger partial charge < -0.3 is 0 Å². The van der Waals surface area contributed by atoms with Crippen molar-refractivity contribution in [2.45, 2.75) is 13.8 Å². The van der Waals surface area contributed by atoms with Gasteiger partial charge in [-0.25, -0.2) is 8.93 Å². The summed E-state index contributed by atoms with van der Waals surface area (Å²) in [6.45, 7) is 4.83. The first-order chi connectivity index (χ1) is 3.81. The largest absolute Gasteiger partial charge is 0.279 e.